The molecule has 0 fully saturated rings. The van der Waals surface area contributed by atoms with Gasteiger partial charge >= 0.3 is 0 Å². The van der Waals surface area contributed by atoms with Crippen LogP contribution in [0, 0.1) is 0 Å². The molecule has 4 rings (SSSR count). The van der Waals surface area contributed by atoms with Crippen molar-refractivity contribution in [2.24, 2.45) is 0 Å². The number of fused-ring (bicyclic) bond motifs is 5. The maximum absolute atomic E-state index is 13.3. The predicted octanol–water partition coefficient (Wildman–Crippen LogP) is 2.71. The van der Waals surface area contributed by atoms with Crippen LogP contribution < -0.4 is 10.3 Å². The zero-order chi connectivity index (χ0) is 21.4. The quantitative estimate of drug-likeness (QED) is 0.473. The van der Waals surface area contributed by atoms with E-state index in [1.807, 2.05) is 69.5 Å². The van der Waals surface area contributed by atoms with Crippen LogP contribution in [0.4, 0.5) is 0 Å². The zero-order valence-corrected chi connectivity index (χ0v) is 17.9. The van der Waals surface area contributed by atoms with E-state index in [9.17, 15) is 9.59 Å². The van der Waals surface area contributed by atoms with E-state index in [1.165, 1.54) is 0 Å². The van der Waals surface area contributed by atoms with Crippen molar-refractivity contribution >= 4 is 16.6 Å². The molecule has 30 heavy (non-hydrogen) atoms. The normalized spacial score (nSPS) is 12.7. The Balaban J connectivity index is 1.89. The van der Waals surface area contributed by atoms with Crippen LogP contribution in [0.5, 0.6) is 5.75 Å². The third-order valence-electron chi connectivity index (χ3n) is 5.47. The van der Waals surface area contributed by atoms with Gasteiger partial charge in [0.25, 0.3) is 5.56 Å². The smallest absolute Gasteiger partial charge is 0.258 e. The molecule has 0 N–H and O–H groups in total. The van der Waals surface area contributed by atoms with Gasteiger partial charge in [-0.3, -0.25) is 9.59 Å². The Morgan fingerprint density at radius 1 is 0.867 bits per heavy atom. The van der Waals surface area contributed by atoms with Gasteiger partial charge in [0.15, 0.2) is 5.78 Å². The fourth-order valence-electron chi connectivity index (χ4n) is 3.91. The average molecular weight is 405 g/mol. The highest BCUT2D eigenvalue weighted by atomic mass is 16.5. The summed E-state index contributed by atoms with van der Waals surface area (Å²) in [4.78, 5) is 30.8. The molecule has 1 aliphatic rings. The van der Waals surface area contributed by atoms with Gasteiger partial charge in [0.2, 0.25) is 0 Å². The Bertz CT molecular complexity index is 1180. The number of hydrogen-bond acceptors (Lipinski definition) is 5. The van der Waals surface area contributed by atoms with E-state index in [-0.39, 0.29) is 11.3 Å². The Kier molecular flexibility index (Phi) is 5.45. The maximum Gasteiger partial charge on any atom is 0.258 e. The lowest BCUT2D eigenvalue weighted by atomic mass is 10.0. The van der Waals surface area contributed by atoms with Crippen LogP contribution in [-0.4, -0.2) is 68.0 Å². The molecule has 2 aromatic carbocycles. The number of pyridine rings is 1. The summed E-state index contributed by atoms with van der Waals surface area (Å²) in [6, 6.07) is 12.9. The van der Waals surface area contributed by atoms with Gasteiger partial charge in [-0.15, -0.1) is 0 Å². The lowest BCUT2D eigenvalue weighted by molar-refractivity contribution is 0.104. The molecule has 0 spiro atoms. The van der Waals surface area contributed by atoms with Gasteiger partial charge in [0, 0.05) is 41.5 Å². The summed E-state index contributed by atoms with van der Waals surface area (Å²) >= 11 is 0. The first-order chi connectivity index (χ1) is 14.4. The van der Waals surface area contributed by atoms with E-state index in [0.717, 1.165) is 17.5 Å². The highest BCUT2D eigenvalue weighted by molar-refractivity contribution is 6.26. The van der Waals surface area contributed by atoms with Crippen molar-refractivity contribution in [2.75, 3.05) is 47.9 Å². The molecule has 0 aliphatic heterocycles. The first kappa shape index (κ1) is 20.3. The molecule has 0 radical (unpaired) electrons. The molecule has 0 amide bonds. The van der Waals surface area contributed by atoms with Crippen LogP contribution in [0.2, 0.25) is 0 Å². The lowest BCUT2D eigenvalue weighted by Crippen LogP contribution is -2.28. The number of carbonyl (C=O) groups excluding carboxylic acids is 1. The number of nitrogens with zero attached hydrogens (tertiary/aromatic N) is 3. The third kappa shape index (κ3) is 3.53. The third-order valence-corrected chi connectivity index (χ3v) is 5.47. The van der Waals surface area contributed by atoms with Gasteiger partial charge < -0.3 is 19.1 Å². The van der Waals surface area contributed by atoms with E-state index in [0.29, 0.717) is 47.7 Å². The van der Waals surface area contributed by atoms with Crippen LogP contribution in [0.15, 0.2) is 47.3 Å². The topological polar surface area (TPSA) is 54.8 Å². The molecular formula is C24H27N3O3. The first-order valence-electron chi connectivity index (χ1n) is 10.2. The van der Waals surface area contributed by atoms with Crippen molar-refractivity contribution in [1.29, 1.82) is 0 Å². The summed E-state index contributed by atoms with van der Waals surface area (Å²) in [5.74, 6) is 0.672. The fourth-order valence-corrected chi connectivity index (χ4v) is 3.91. The maximum atomic E-state index is 13.3. The second kappa shape index (κ2) is 8.05. The summed E-state index contributed by atoms with van der Waals surface area (Å²) in [6.07, 6.45) is 0. The number of aromatic nitrogens is 1. The van der Waals surface area contributed by atoms with Crippen molar-refractivity contribution in [1.82, 2.24) is 14.4 Å². The zero-order valence-electron chi connectivity index (χ0n) is 17.9. The standard InChI is InChI=1S/C24H27N3O3/c1-25(2)11-12-27-22-20-15-16(30-14-13-26(3)4)9-10-18(20)23(28)21(22)17-7-5-6-8-19(17)24(27)29/h5-10,15H,11-14H2,1-4H3. The van der Waals surface area contributed by atoms with Crippen molar-refractivity contribution in [2.45, 2.75) is 6.54 Å². The van der Waals surface area contributed by atoms with Crippen LogP contribution in [-0.2, 0) is 6.54 Å². The number of benzene rings is 2. The highest BCUT2D eigenvalue weighted by Gasteiger charge is 2.32. The average Bonchev–Trinajstić information content (AvgIpc) is 3.00. The lowest BCUT2D eigenvalue weighted by Gasteiger charge is -2.17. The molecule has 0 unspecified atom stereocenters. The van der Waals surface area contributed by atoms with Crippen LogP contribution in [0.3, 0.4) is 0 Å². The van der Waals surface area contributed by atoms with Crippen molar-refractivity contribution in [3.05, 3.63) is 63.9 Å². The van der Waals surface area contributed by atoms with E-state index in [2.05, 4.69) is 4.90 Å². The summed E-state index contributed by atoms with van der Waals surface area (Å²) < 4.78 is 7.65. The largest absolute Gasteiger partial charge is 0.492 e. The van der Waals surface area contributed by atoms with Gasteiger partial charge in [-0.2, -0.15) is 0 Å². The first-order valence-corrected chi connectivity index (χ1v) is 10.2. The Morgan fingerprint density at radius 3 is 2.27 bits per heavy atom. The van der Waals surface area contributed by atoms with E-state index >= 15 is 0 Å². The Labute approximate surface area is 176 Å². The minimum Gasteiger partial charge on any atom is -0.492 e. The van der Waals surface area contributed by atoms with Crippen molar-refractivity contribution in [3.63, 3.8) is 0 Å². The fraction of sp³-hybridized carbons (Fsp3) is 0.333. The van der Waals surface area contributed by atoms with Crippen LogP contribution in [0.1, 0.15) is 15.9 Å². The molecule has 6 heteroatoms. The minimum atomic E-state index is -0.0641. The molecule has 3 aromatic rings. The minimum absolute atomic E-state index is 0.0327. The second-order valence-electron chi connectivity index (χ2n) is 8.22. The number of hydrogen-bond donors (Lipinski definition) is 0. The van der Waals surface area contributed by atoms with Gasteiger partial charge in [-0.05, 0) is 52.5 Å². The monoisotopic (exact) mass is 405 g/mol. The van der Waals surface area contributed by atoms with Gasteiger partial charge in [-0.25, -0.2) is 0 Å². The number of ether oxygens (including phenoxy) is 1. The van der Waals surface area contributed by atoms with Gasteiger partial charge in [0.05, 0.1) is 11.3 Å². The number of ketones is 1. The van der Waals surface area contributed by atoms with E-state index in [1.54, 1.807) is 10.6 Å². The molecule has 1 aromatic heterocycles. The summed E-state index contributed by atoms with van der Waals surface area (Å²) in [6.45, 7) is 2.56. The van der Waals surface area contributed by atoms with E-state index in [4.69, 9.17) is 4.74 Å². The summed E-state index contributed by atoms with van der Waals surface area (Å²) in [7, 11) is 7.94. The molecule has 1 heterocycles. The van der Waals surface area contributed by atoms with Crippen LogP contribution in [0.25, 0.3) is 22.0 Å². The van der Waals surface area contributed by atoms with Gasteiger partial charge in [-0.1, -0.05) is 18.2 Å². The Morgan fingerprint density at radius 2 is 1.57 bits per heavy atom. The molecule has 0 bridgehead atoms. The van der Waals surface area contributed by atoms with Gasteiger partial charge in [0.1, 0.15) is 12.4 Å². The summed E-state index contributed by atoms with van der Waals surface area (Å²) in [5.41, 5.74) is 2.66. The SMILES string of the molecule is CN(C)CCOc1ccc2c(c1)-c1c(c3ccccc3c(=O)n1CCN(C)C)C2=O. The molecule has 156 valence electrons. The molecule has 0 saturated heterocycles. The molecule has 0 saturated carbocycles. The Hall–Kier alpha value is -2.96. The summed E-state index contributed by atoms with van der Waals surface area (Å²) in [5, 5.41) is 1.30. The number of rotatable bonds is 7. The van der Waals surface area contributed by atoms with Crippen LogP contribution >= 0.6 is 0 Å². The number of likely N-dealkylation sites (N-methyl/N-ethyl adjacent to an activating group) is 2. The molecule has 6 nitrogen and oxygen atoms in total. The van der Waals surface area contributed by atoms with E-state index < -0.39 is 0 Å². The number of carbonyl (C=O) groups is 1. The molecular weight excluding hydrogens is 378 g/mol. The van der Waals surface area contributed by atoms with Crippen molar-refractivity contribution in [3.8, 4) is 17.0 Å². The van der Waals surface area contributed by atoms with Crippen molar-refractivity contribution < 1.29 is 9.53 Å². The highest BCUT2D eigenvalue weighted by Crippen LogP contribution is 2.40. The second-order valence-corrected chi connectivity index (χ2v) is 8.22. The molecule has 0 atom stereocenters. The predicted molar refractivity (Wildman–Crippen MR) is 120 cm³/mol. The molecule has 1 aliphatic carbocycles.